The molecule has 0 spiro atoms. The highest BCUT2D eigenvalue weighted by Crippen LogP contribution is 2.32. The van der Waals surface area contributed by atoms with E-state index < -0.39 is 22.6 Å². The molecule has 3 nitrogen and oxygen atoms in total. The van der Waals surface area contributed by atoms with Crippen molar-refractivity contribution in [2.75, 3.05) is 0 Å². The summed E-state index contributed by atoms with van der Waals surface area (Å²) in [5, 5.41) is 9.37. The van der Waals surface area contributed by atoms with Gasteiger partial charge in [0.15, 0.2) is 0 Å². The van der Waals surface area contributed by atoms with Crippen molar-refractivity contribution in [2.24, 2.45) is 0 Å². The Kier molecular flexibility index (Phi) is 5.43. The van der Waals surface area contributed by atoms with Crippen LogP contribution in [-0.4, -0.2) is 16.0 Å². The fourth-order valence-electron chi connectivity index (χ4n) is 2.07. The van der Waals surface area contributed by atoms with Crippen LogP contribution in [0, 0.1) is 0 Å². The number of carboxylic acids is 1. The van der Waals surface area contributed by atoms with Crippen LogP contribution in [0.4, 0.5) is 13.2 Å². The minimum absolute atomic E-state index is 0.00783. The Bertz CT molecular complexity index is 686. The van der Waals surface area contributed by atoms with E-state index in [-0.39, 0.29) is 12.2 Å². The molecule has 0 fully saturated rings. The molecule has 0 saturated heterocycles. The highest BCUT2D eigenvalue weighted by molar-refractivity contribution is 7.82. The second kappa shape index (κ2) is 7.17. The molecule has 0 heterocycles. The Morgan fingerprint density at radius 1 is 1.04 bits per heavy atom. The number of benzene rings is 2. The molecule has 1 atom stereocenters. The second-order valence-corrected chi connectivity index (χ2v) is 5.92. The van der Waals surface area contributed by atoms with E-state index in [9.17, 15) is 23.1 Å². The fraction of sp³-hybridized carbons (Fsp3) is 0.235. The van der Waals surface area contributed by atoms with Gasteiger partial charge >= 0.3 is 12.1 Å². The SMILES string of the molecule is O=C(O)C(S)(CCc1ccccc1)Oc1ccc(C(F)(F)F)cc1. The molecule has 1 unspecified atom stereocenters. The number of carbonyl (C=O) groups is 1. The molecule has 2 aromatic carbocycles. The molecule has 0 bridgehead atoms. The van der Waals surface area contributed by atoms with Gasteiger partial charge in [0.05, 0.1) is 5.56 Å². The molecule has 24 heavy (non-hydrogen) atoms. The summed E-state index contributed by atoms with van der Waals surface area (Å²) in [6.07, 6.45) is -4.01. The lowest BCUT2D eigenvalue weighted by Crippen LogP contribution is -2.39. The molecule has 0 saturated carbocycles. The van der Waals surface area contributed by atoms with E-state index >= 15 is 0 Å². The van der Waals surface area contributed by atoms with Crippen molar-refractivity contribution in [1.29, 1.82) is 0 Å². The van der Waals surface area contributed by atoms with Crippen LogP contribution in [0.5, 0.6) is 5.75 Å². The Balaban J connectivity index is 2.11. The third kappa shape index (κ3) is 4.67. The average Bonchev–Trinajstić information content (AvgIpc) is 2.53. The van der Waals surface area contributed by atoms with Gasteiger partial charge in [0, 0.05) is 6.42 Å². The Hall–Kier alpha value is -2.15. The van der Waals surface area contributed by atoms with Crippen LogP contribution in [-0.2, 0) is 17.4 Å². The number of hydrogen-bond donors (Lipinski definition) is 2. The summed E-state index contributed by atoms with van der Waals surface area (Å²) in [6.45, 7) is 0. The summed E-state index contributed by atoms with van der Waals surface area (Å²) in [4.78, 5) is 9.65. The van der Waals surface area contributed by atoms with Crippen LogP contribution in [0.15, 0.2) is 54.6 Å². The van der Waals surface area contributed by atoms with Crippen LogP contribution in [0.2, 0.25) is 0 Å². The van der Waals surface area contributed by atoms with Crippen LogP contribution in [0.3, 0.4) is 0 Å². The van der Waals surface area contributed by atoms with E-state index in [2.05, 4.69) is 12.6 Å². The lowest BCUT2D eigenvalue weighted by atomic mass is 10.1. The average molecular weight is 356 g/mol. The predicted octanol–water partition coefficient (Wildman–Crippen LogP) is 4.43. The van der Waals surface area contributed by atoms with Crippen molar-refractivity contribution in [1.82, 2.24) is 0 Å². The van der Waals surface area contributed by atoms with E-state index in [0.29, 0.717) is 6.42 Å². The maximum Gasteiger partial charge on any atom is 0.416 e. The van der Waals surface area contributed by atoms with Gasteiger partial charge in [0.1, 0.15) is 5.75 Å². The standard InChI is InChI=1S/C17H15F3O3S/c18-17(19,20)13-6-8-14(9-7-13)23-16(24,15(21)22)11-10-12-4-2-1-3-5-12/h1-9,24H,10-11H2,(H,21,22). The number of halogens is 3. The zero-order chi connectivity index (χ0) is 17.8. The second-order valence-electron chi connectivity index (χ2n) is 5.20. The van der Waals surface area contributed by atoms with Gasteiger partial charge in [-0.05, 0) is 36.2 Å². The van der Waals surface area contributed by atoms with Gasteiger partial charge in [-0.3, -0.25) is 0 Å². The van der Waals surface area contributed by atoms with Crippen LogP contribution in [0.25, 0.3) is 0 Å². The minimum Gasteiger partial charge on any atom is -0.478 e. The first kappa shape index (κ1) is 18.2. The maximum atomic E-state index is 12.5. The third-order valence-electron chi connectivity index (χ3n) is 3.40. The van der Waals surface area contributed by atoms with Gasteiger partial charge in [-0.1, -0.05) is 30.3 Å². The third-order valence-corrected chi connectivity index (χ3v) is 3.90. The number of aryl methyl sites for hydroxylation is 1. The topological polar surface area (TPSA) is 46.5 Å². The van der Waals surface area contributed by atoms with Crippen molar-refractivity contribution < 1.29 is 27.8 Å². The zero-order valence-electron chi connectivity index (χ0n) is 12.5. The lowest BCUT2D eigenvalue weighted by Gasteiger charge is -2.25. The van der Waals surface area contributed by atoms with Gasteiger partial charge in [0.25, 0.3) is 0 Å². The van der Waals surface area contributed by atoms with Crippen molar-refractivity contribution >= 4 is 18.6 Å². The summed E-state index contributed by atoms with van der Waals surface area (Å²) in [6, 6.07) is 13.0. The summed E-state index contributed by atoms with van der Waals surface area (Å²) in [5.74, 6) is -1.30. The summed E-state index contributed by atoms with van der Waals surface area (Å²) in [7, 11) is 0. The Morgan fingerprint density at radius 2 is 1.62 bits per heavy atom. The maximum absolute atomic E-state index is 12.5. The lowest BCUT2D eigenvalue weighted by molar-refractivity contribution is -0.148. The number of ether oxygens (including phenoxy) is 1. The van der Waals surface area contributed by atoms with E-state index in [0.717, 1.165) is 29.8 Å². The number of carboxylic acid groups (broad SMARTS) is 1. The highest BCUT2D eigenvalue weighted by Gasteiger charge is 2.37. The number of alkyl halides is 3. The van der Waals surface area contributed by atoms with Crippen molar-refractivity contribution in [3.05, 3.63) is 65.7 Å². The molecule has 0 aliphatic rings. The van der Waals surface area contributed by atoms with Crippen LogP contribution < -0.4 is 4.74 Å². The number of hydrogen-bond acceptors (Lipinski definition) is 3. The van der Waals surface area contributed by atoms with Crippen molar-refractivity contribution in [3.63, 3.8) is 0 Å². The molecule has 0 aliphatic heterocycles. The van der Waals surface area contributed by atoms with E-state index in [1.54, 1.807) is 0 Å². The van der Waals surface area contributed by atoms with Gasteiger partial charge in [0.2, 0.25) is 4.93 Å². The first-order chi connectivity index (χ1) is 11.2. The summed E-state index contributed by atoms with van der Waals surface area (Å²) < 4.78 is 43.0. The highest BCUT2D eigenvalue weighted by atomic mass is 32.1. The van der Waals surface area contributed by atoms with Crippen LogP contribution >= 0.6 is 12.6 Å². The normalized spacial score (nSPS) is 14.0. The van der Waals surface area contributed by atoms with Gasteiger partial charge in [-0.2, -0.15) is 13.2 Å². The molecule has 0 aromatic heterocycles. The first-order valence-corrected chi connectivity index (χ1v) is 7.51. The predicted molar refractivity (Wildman–Crippen MR) is 86.2 cm³/mol. The number of rotatable bonds is 6. The molecule has 7 heteroatoms. The number of thiol groups is 1. The largest absolute Gasteiger partial charge is 0.478 e. The van der Waals surface area contributed by atoms with Crippen LogP contribution in [0.1, 0.15) is 17.5 Å². The molecule has 0 radical (unpaired) electrons. The Morgan fingerprint density at radius 3 is 2.12 bits per heavy atom. The first-order valence-electron chi connectivity index (χ1n) is 7.07. The quantitative estimate of drug-likeness (QED) is 0.595. The smallest absolute Gasteiger partial charge is 0.416 e. The molecule has 0 aliphatic carbocycles. The molecule has 0 amide bonds. The van der Waals surface area contributed by atoms with E-state index in [4.69, 9.17) is 4.74 Å². The summed E-state index contributed by atoms with van der Waals surface area (Å²) >= 11 is 4.09. The van der Waals surface area contributed by atoms with Gasteiger partial charge in [-0.25, -0.2) is 4.79 Å². The fourth-order valence-corrected chi connectivity index (χ4v) is 2.28. The van der Waals surface area contributed by atoms with E-state index in [1.165, 1.54) is 0 Å². The van der Waals surface area contributed by atoms with Gasteiger partial charge in [-0.15, -0.1) is 12.6 Å². The molecule has 1 N–H and O–H groups in total. The zero-order valence-corrected chi connectivity index (χ0v) is 13.3. The molecule has 2 rings (SSSR count). The molecular weight excluding hydrogens is 341 g/mol. The van der Waals surface area contributed by atoms with E-state index in [1.807, 2.05) is 30.3 Å². The monoisotopic (exact) mass is 356 g/mol. The minimum atomic E-state index is -4.46. The van der Waals surface area contributed by atoms with Gasteiger partial charge < -0.3 is 9.84 Å². The Labute approximate surface area is 142 Å². The molecular formula is C17H15F3O3S. The van der Waals surface area contributed by atoms with Crippen molar-refractivity contribution in [2.45, 2.75) is 24.0 Å². The molecule has 2 aromatic rings. The van der Waals surface area contributed by atoms with Crippen molar-refractivity contribution in [3.8, 4) is 5.75 Å². The summed E-state index contributed by atoms with van der Waals surface area (Å²) in [5.41, 5.74) is 0.0763. The number of aliphatic carboxylic acids is 1. The molecule has 128 valence electrons.